The first-order valence-corrected chi connectivity index (χ1v) is 12.5. The third kappa shape index (κ3) is 7.47. The van der Waals surface area contributed by atoms with Crippen LogP contribution in [0.25, 0.3) is 11.1 Å². The van der Waals surface area contributed by atoms with Crippen molar-refractivity contribution >= 4 is 21.0 Å². The van der Waals surface area contributed by atoms with E-state index in [0.717, 1.165) is 16.7 Å². The maximum Gasteiger partial charge on any atom is 0.208 e. The highest BCUT2D eigenvalue weighted by atomic mass is 32.2. The SMILES string of the molecule is CC(CNS(=O)C(C)C)c1ccc(-c2ccc(CCNS(C)(=O)=O)cc2)cc1. The van der Waals surface area contributed by atoms with Crippen LogP contribution in [-0.4, -0.2) is 37.2 Å². The monoisotopic (exact) mass is 422 g/mol. The van der Waals surface area contributed by atoms with Gasteiger partial charge in [-0.25, -0.2) is 22.1 Å². The van der Waals surface area contributed by atoms with Gasteiger partial charge in [-0.3, -0.25) is 0 Å². The number of hydrogen-bond donors (Lipinski definition) is 2. The van der Waals surface area contributed by atoms with Gasteiger partial charge in [0.15, 0.2) is 0 Å². The molecule has 0 aliphatic heterocycles. The van der Waals surface area contributed by atoms with Crippen LogP contribution in [0.1, 0.15) is 37.8 Å². The van der Waals surface area contributed by atoms with Crippen LogP contribution in [0.2, 0.25) is 0 Å². The number of hydrogen-bond acceptors (Lipinski definition) is 3. The molecular weight excluding hydrogens is 392 g/mol. The summed E-state index contributed by atoms with van der Waals surface area (Å²) >= 11 is 0. The third-order valence-corrected chi connectivity index (χ3v) is 6.54. The molecule has 0 heterocycles. The van der Waals surface area contributed by atoms with E-state index in [1.807, 2.05) is 26.0 Å². The molecule has 0 saturated carbocycles. The predicted molar refractivity (Wildman–Crippen MR) is 118 cm³/mol. The first kappa shape index (κ1) is 22.7. The van der Waals surface area contributed by atoms with Crippen LogP contribution in [-0.2, 0) is 27.4 Å². The van der Waals surface area contributed by atoms with E-state index in [9.17, 15) is 12.6 Å². The third-order valence-electron chi connectivity index (χ3n) is 4.50. The molecule has 0 spiro atoms. The summed E-state index contributed by atoms with van der Waals surface area (Å²) in [6.45, 7) is 7.09. The van der Waals surface area contributed by atoms with Crippen molar-refractivity contribution in [1.29, 1.82) is 0 Å². The van der Waals surface area contributed by atoms with Gasteiger partial charge in [-0.1, -0.05) is 55.5 Å². The molecule has 2 unspecified atom stereocenters. The maximum absolute atomic E-state index is 11.8. The lowest BCUT2D eigenvalue weighted by molar-refractivity contribution is 0.588. The molecule has 2 aromatic carbocycles. The summed E-state index contributed by atoms with van der Waals surface area (Å²) in [5.41, 5.74) is 4.56. The van der Waals surface area contributed by atoms with Gasteiger partial charge in [-0.05, 0) is 48.4 Å². The van der Waals surface area contributed by atoms with E-state index in [0.29, 0.717) is 19.5 Å². The van der Waals surface area contributed by atoms with E-state index in [-0.39, 0.29) is 11.2 Å². The highest BCUT2D eigenvalue weighted by Crippen LogP contribution is 2.23. The number of rotatable bonds is 10. The first-order valence-electron chi connectivity index (χ1n) is 9.43. The molecule has 0 bridgehead atoms. The second-order valence-corrected chi connectivity index (χ2v) is 11.0. The quantitative estimate of drug-likeness (QED) is 0.617. The van der Waals surface area contributed by atoms with Gasteiger partial charge in [0.25, 0.3) is 0 Å². The second-order valence-electron chi connectivity index (χ2n) is 7.33. The van der Waals surface area contributed by atoms with Crippen molar-refractivity contribution in [2.45, 2.75) is 38.4 Å². The zero-order valence-electron chi connectivity index (χ0n) is 16.9. The lowest BCUT2D eigenvalue weighted by Crippen LogP contribution is -2.27. The van der Waals surface area contributed by atoms with Crippen molar-refractivity contribution in [1.82, 2.24) is 9.44 Å². The summed E-state index contributed by atoms with van der Waals surface area (Å²) in [5.74, 6) is 0.279. The van der Waals surface area contributed by atoms with Crippen LogP contribution in [0.3, 0.4) is 0 Å². The molecule has 0 saturated heterocycles. The molecule has 0 aliphatic carbocycles. The molecule has 0 aliphatic rings. The van der Waals surface area contributed by atoms with Gasteiger partial charge in [0.2, 0.25) is 10.0 Å². The van der Waals surface area contributed by atoms with Gasteiger partial charge in [0.05, 0.1) is 17.2 Å². The normalized spacial score (nSPS) is 14.2. The minimum absolute atomic E-state index is 0.111. The molecule has 2 atom stereocenters. The zero-order chi connectivity index (χ0) is 20.7. The standard InChI is InChI=1S/C21H30N2O3S2/c1-16(2)27(24)22-15-17(3)19-9-11-21(12-10-19)20-7-5-18(6-8-20)13-14-23-28(4,25)26/h5-12,16-17,22-23H,13-15H2,1-4H3. The Balaban J connectivity index is 1.94. The van der Waals surface area contributed by atoms with Gasteiger partial charge in [-0.15, -0.1) is 0 Å². The van der Waals surface area contributed by atoms with Gasteiger partial charge in [0.1, 0.15) is 0 Å². The lowest BCUT2D eigenvalue weighted by atomic mass is 9.97. The molecule has 2 N–H and O–H groups in total. The Morgan fingerprint density at radius 3 is 1.96 bits per heavy atom. The maximum atomic E-state index is 11.8. The van der Waals surface area contributed by atoms with Crippen molar-refractivity contribution in [3.63, 3.8) is 0 Å². The van der Waals surface area contributed by atoms with E-state index in [1.165, 1.54) is 11.8 Å². The van der Waals surface area contributed by atoms with E-state index < -0.39 is 21.0 Å². The van der Waals surface area contributed by atoms with Gasteiger partial charge in [-0.2, -0.15) is 0 Å². The van der Waals surface area contributed by atoms with Crippen molar-refractivity contribution in [3.8, 4) is 11.1 Å². The Hall–Kier alpha value is -1.54. The number of nitrogens with one attached hydrogen (secondary N) is 2. The fourth-order valence-corrected chi connectivity index (χ4v) is 3.96. The highest BCUT2D eigenvalue weighted by Gasteiger charge is 2.10. The molecule has 0 radical (unpaired) electrons. The van der Waals surface area contributed by atoms with Crippen LogP contribution in [0.4, 0.5) is 0 Å². The largest absolute Gasteiger partial charge is 0.243 e. The summed E-state index contributed by atoms with van der Waals surface area (Å²) in [7, 11) is -4.14. The van der Waals surface area contributed by atoms with Gasteiger partial charge in [0, 0.05) is 18.3 Å². The lowest BCUT2D eigenvalue weighted by Gasteiger charge is -2.14. The molecule has 28 heavy (non-hydrogen) atoms. The average Bonchev–Trinajstić information content (AvgIpc) is 2.65. The first-order chi connectivity index (χ1) is 13.2. The Morgan fingerprint density at radius 1 is 0.929 bits per heavy atom. The molecule has 2 aromatic rings. The van der Waals surface area contributed by atoms with Crippen LogP contribution in [0.15, 0.2) is 48.5 Å². The summed E-state index contributed by atoms with van der Waals surface area (Å²) in [6.07, 6.45) is 1.83. The average molecular weight is 423 g/mol. The molecule has 0 fully saturated rings. The fourth-order valence-electron chi connectivity index (χ4n) is 2.74. The number of benzene rings is 2. The molecule has 0 aromatic heterocycles. The van der Waals surface area contributed by atoms with E-state index in [1.54, 1.807) is 0 Å². The minimum Gasteiger partial charge on any atom is -0.243 e. The van der Waals surface area contributed by atoms with Crippen LogP contribution >= 0.6 is 0 Å². The van der Waals surface area contributed by atoms with E-state index in [2.05, 4.69) is 52.8 Å². The highest BCUT2D eigenvalue weighted by molar-refractivity contribution is 7.88. The molecular formula is C21H30N2O3S2. The van der Waals surface area contributed by atoms with Crippen molar-refractivity contribution in [2.24, 2.45) is 0 Å². The van der Waals surface area contributed by atoms with Crippen molar-refractivity contribution in [3.05, 3.63) is 59.7 Å². The molecule has 0 amide bonds. The Labute approximate surface area is 171 Å². The smallest absolute Gasteiger partial charge is 0.208 e. The van der Waals surface area contributed by atoms with E-state index in [4.69, 9.17) is 0 Å². The molecule has 2 rings (SSSR count). The summed E-state index contributed by atoms with van der Waals surface area (Å²) < 4.78 is 39.6. The molecule has 7 heteroatoms. The molecule has 5 nitrogen and oxygen atoms in total. The van der Waals surface area contributed by atoms with E-state index >= 15 is 0 Å². The van der Waals surface area contributed by atoms with Crippen molar-refractivity contribution < 1.29 is 12.6 Å². The summed E-state index contributed by atoms with van der Waals surface area (Å²) in [6, 6.07) is 16.6. The topological polar surface area (TPSA) is 75.3 Å². The van der Waals surface area contributed by atoms with Crippen LogP contribution in [0.5, 0.6) is 0 Å². The fraction of sp³-hybridized carbons (Fsp3) is 0.429. The second kappa shape index (κ2) is 10.3. The van der Waals surface area contributed by atoms with Crippen LogP contribution in [0, 0.1) is 0 Å². The summed E-state index contributed by atoms with van der Waals surface area (Å²) in [4.78, 5) is 0. The van der Waals surface area contributed by atoms with Gasteiger partial charge < -0.3 is 0 Å². The van der Waals surface area contributed by atoms with Crippen molar-refractivity contribution in [2.75, 3.05) is 19.3 Å². The predicted octanol–water partition coefficient (Wildman–Crippen LogP) is 3.21. The minimum atomic E-state index is -3.14. The Kier molecular flexibility index (Phi) is 8.37. The Morgan fingerprint density at radius 2 is 1.46 bits per heavy atom. The zero-order valence-corrected chi connectivity index (χ0v) is 18.6. The van der Waals surface area contributed by atoms with Crippen LogP contribution < -0.4 is 9.44 Å². The molecule has 154 valence electrons. The number of sulfonamides is 1. The van der Waals surface area contributed by atoms with Gasteiger partial charge >= 0.3 is 0 Å². The Bertz CT molecular complexity index is 877. The summed E-state index contributed by atoms with van der Waals surface area (Å²) in [5, 5.41) is 0.111.